The minimum atomic E-state index is -0.312. The first-order valence-electron chi connectivity index (χ1n) is 10.4. The fourth-order valence-electron chi connectivity index (χ4n) is 4.43. The summed E-state index contributed by atoms with van der Waals surface area (Å²) in [5.41, 5.74) is 1.82. The number of benzene rings is 1. The predicted molar refractivity (Wildman–Crippen MR) is 115 cm³/mol. The monoisotopic (exact) mass is 420 g/mol. The number of aliphatic hydroxyl groups is 1. The highest BCUT2D eigenvalue weighted by atomic mass is 16.5. The average molecular weight is 420 g/mol. The van der Waals surface area contributed by atoms with E-state index in [0.717, 1.165) is 30.2 Å². The second kappa shape index (κ2) is 7.66. The van der Waals surface area contributed by atoms with Crippen molar-refractivity contribution in [1.82, 2.24) is 24.4 Å². The highest BCUT2D eigenvalue weighted by Crippen LogP contribution is 2.35. The lowest BCUT2D eigenvalue weighted by Crippen LogP contribution is -2.28. The molecule has 1 aromatic carbocycles. The topological polar surface area (TPSA) is 107 Å². The van der Waals surface area contributed by atoms with Crippen LogP contribution in [0.1, 0.15) is 42.6 Å². The second-order valence-electron chi connectivity index (χ2n) is 8.12. The van der Waals surface area contributed by atoms with Crippen molar-refractivity contribution in [2.45, 2.75) is 38.3 Å². The number of hydrogen-bond acceptors (Lipinski definition) is 6. The Morgan fingerprint density at radius 3 is 3.00 bits per heavy atom. The molecular weight excluding hydrogens is 396 g/mol. The van der Waals surface area contributed by atoms with Gasteiger partial charge in [0.2, 0.25) is 0 Å². The van der Waals surface area contributed by atoms with Gasteiger partial charge in [0.1, 0.15) is 5.75 Å². The number of amides is 1. The number of nitrogens with zero attached hydrogens (tertiary/aromatic N) is 5. The largest absolute Gasteiger partial charge is 0.496 e. The molecule has 31 heavy (non-hydrogen) atoms. The Kier molecular flexibility index (Phi) is 4.82. The zero-order valence-corrected chi connectivity index (χ0v) is 17.4. The van der Waals surface area contributed by atoms with E-state index in [9.17, 15) is 9.90 Å². The number of anilines is 1. The van der Waals surface area contributed by atoms with E-state index in [0.29, 0.717) is 28.7 Å². The fraction of sp³-hybridized carbons (Fsp3) is 0.364. The summed E-state index contributed by atoms with van der Waals surface area (Å²) in [7, 11) is 1.54. The van der Waals surface area contributed by atoms with Crippen LogP contribution in [-0.2, 0) is 0 Å². The molecule has 1 aliphatic carbocycles. The Bertz CT molecular complexity index is 1260. The van der Waals surface area contributed by atoms with E-state index in [1.54, 1.807) is 35.1 Å². The van der Waals surface area contributed by atoms with Crippen molar-refractivity contribution in [3.8, 4) is 5.75 Å². The quantitative estimate of drug-likeness (QED) is 0.526. The fourth-order valence-corrected chi connectivity index (χ4v) is 4.43. The summed E-state index contributed by atoms with van der Waals surface area (Å²) in [6.45, 7) is 2.14. The van der Waals surface area contributed by atoms with Crippen LogP contribution in [-0.4, -0.2) is 48.6 Å². The van der Waals surface area contributed by atoms with Gasteiger partial charge >= 0.3 is 0 Å². The van der Waals surface area contributed by atoms with Crippen molar-refractivity contribution in [2.75, 3.05) is 12.4 Å². The third-order valence-corrected chi connectivity index (χ3v) is 6.04. The van der Waals surface area contributed by atoms with Gasteiger partial charge < -0.3 is 15.2 Å². The molecule has 0 unspecified atom stereocenters. The summed E-state index contributed by atoms with van der Waals surface area (Å²) in [6.07, 6.45) is 7.36. The Hall–Kier alpha value is -3.46. The summed E-state index contributed by atoms with van der Waals surface area (Å²) in [5, 5.41) is 22.6. The summed E-state index contributed by atoms with van der Waals surface area (Å²) in [6, 6.07) is 7.41. The lowest BCUT2D eigenvalue weighted by atomic mass is 9.84. The maximum atomic E-state index is 13.1. The van der Waals surface area contributed by atoms with E-state index in [4.69, 9.17) is 9.84 Å². The third-order valence-electron chi connectivity index (χ3n) is 6.04. The molecule has 3 atom stereocenters. The van der Waals surface area contributed by atoms with E-state index >= 15 is 0 Å². The van der Waals surface area contributed by atoms with Gasteiger partial charge in [0, 0.05) is 23.8 Å². The summed E-state index contributed by atoms with van der Waals surface area (Å²) >= 11 is 0. The van der Waals surface area contributed by atoms with Gasteiger partial charge in [-0.2, -0.15) is 14.7 Å². The maximum Gasteiger partial charge on any atom is 0.260 e. The van der Waals surface area contributed by atoms with Gasteiger partial charge in [0.15, 0.2) is 11.5 Å². The molecule has 4 aromatic rings. The van der Waals surface area contributed by atoms with E-state index in [1.807, 2.05) is 16.9 Å². The van der Waals surface area contributed by atoms with Crippen LogP contribution in [0.5, 0.6) is 5.75 Å². The molecule has 5 rings (SSSR count). The summed E-state index contributed by atoms with van der Waals surface area (Å²) < 4.78 is 9.03. The molecule has 0 radical (unpaired) electrons. The molecule has 9 nitrogen and oxygen atoms in total. The Balaban J connectivity index is 1.47. The molecular formula is C22H24N6O3. The molecule has 0 saturated heterocycles. The van der Waals surface area contributed by atoms with Gasteiger partial charge in [-0.3, -0.25) is 9.48 Å². The molecule has 1 saturated carbocycles. The number of hydrogen-bond donors (Lipinski definition) is 2. The molecule has 1 fully saturated rings. The van der Waals surface area contributed by atoms with Crippen LogP contribution in [0.2, 0.25) is 0 Å². The molecule has 1 aliphatic rings. The van der Waals surface area contributed by atoms with Gasteiger partial charge in [-0.05, 0) is 43.4 Å². The number of methoxy groups -OCH3 is 1. The number of rotatable bonds is 4. The highest BCUT2D eigenvalue weighted by molar-refractivity contribution is 6.08. The normalized spacial score (nSPS) is 21.5. The molecule has 2 N–H and O–H groups in total. The number of fused-ring (bicyclic) bond motifs is 2. The van der Waals surface area contributed by atoms with Crippen LogP contribution in [0.15, 0.2) is 42.9 Å². The Morgan fingerprint density at radius 1 is 1.32 bits per heavy atom. The van der Waals surface area contributed by atoms with Crippen LogP contribution in [0.3, 0.4) is 0 Å². The molecule has 0 spiro atoms. The molecule has 160 valence electrons. The van der Waals surface area contributed by atoms with Gasteiger partial charge in [-0.1, -0.05) is 6.92 Å². The number of imidazole rings is 1. The number of aliphatic hydroxyl groups excluding tert-OH is 1. The second-order valence-corrected chi connectivity index (χ2v) is 8.12. The van der Waals surface area contributed by atoms with Gasteiger partial charge in [-0.15, -0.1) is 0 Å². The first kappa shape index (κ1) is 19.5. The van der Waals surface area contributed by atoms with Crippen molar-refractivity contribution in [3.05, 3.63) is 48.4 Å². The lowest BCUT2D eigenvalue weighted by molar-refractivity contribution is 0.0750. The smallest absolute Gasteiger partial charge is 0.260 e. The predicted octanol–water partition coefficient (Wildman–Crippen LogP) is 3.06. The average Bonchev–Trinajstić information content (AvgIpc) is 3.36. The first-order valence-corrected chi connectivity index (χ1v) is 10.4. The summed E-state index contributed by atoms with van der Waals surface area (Å²) in [4.78, 5) is 17.3. The molecule has 3 heterocycles. The van der Waals surface area contributed by atoms with Crippen LogP contribution in [0.4, 0.5) is 5.82 Å². The molecule has 0 aliphatic heterocycles. The van der Waals surface area contributed by atoms with E-state index in [-0.39, 0.29) is 18.1 Å². The minimum absolute atomic E-state index is 0.225. The molecule has 9 heteroatoms. The van der Waals surface area contributed by atoms with Crippen molar-refractivity contribution >= 4 is 28.3 Å². The number of carbonyl (C=O) groups excluding carboxylic acids is 1. The highest BCUT2D eigenvalue weighted by Gasteiger charge is 2.28. The van der Waals surface area contributed by atoms with Crippen LogP contribution in [0, 0.1) is 5.92 Å². The molecule has 0 bridgehead atoms. The van der Waals surface area contributed by atoms with E-state index in [1.165, 1.54) is 7.11 Å². The number of carbonyl (C=O) groups is 1. The zero-order chi connectivity index (χ0) is 21.5. The van der Waals surface area contributed by atoms with Gasteiger partial charge in [0.05, 0.1) is 36.5 Å². The van der Waals surface area contributed by atoms with Crippen LogP contribution in [0.25, 0.3) is 16.6 Å². The van der Waals surface area contributed by atoms with E-state index in [2.05, 4.69) is 22.3 Å². The van der Waals surface area contributed by atoms with Crippen LogP contribution < -0.4 is 10.1 Å². The van der Waals surface area contributed by atoms with Crippen molar-refractivity contribution in [2.24, 2.45) is 5.92 Å². The van der Waals surface area contributed by atoms with Gasteiger partial charge in [0.25, 0.3) is 5.91 Å². The van der Waals surface area contributed by atoms with Crippen molar-refractivity contribution in [3.63, 3.8) is 0 Å². The molecule has 3 aromatic heterocycles. The third kappa shape index (κ3) is 3.50. The van der Waals surface area contributed by atoms with Crippen LogP contribution >= 0.6 is 0 Å². The van der Waals surface area contributed by atoms with E-state index < -0.39 is 0 Å². The Labute approximate surface area is 178 Å². The summed E-state index contributed by atoms with van der Waals surface area (Å²) in [5.74, 6) is 0.940. The maximum absolute atomic E-state index is 13.1. The SMILES string of the molecule is COc1cc2nn([C@H]3CC[C@@H](O)C[C@H]3C)cc2cc1C(=O)Nc1cnc2cccnn12. The number of nitrogens with one attached hydrogen (secondary N) is 1. The zero-order valence-electron chi connectivity index (χ0n) is 17.4. The van der Waals surface area contributed by atoms with Crippen molar-refractivity contribution in [1.29, 1.82) is 0 Å². The first-order chi connectivity index (χ1) is 15.0. The molecule has 1 amide bonds. The lowest BCUT2D eigenvalue weighted by Gasteiger charge is -2.31. The van der Waals surface area contributed by atoms with Gasteiger partial charge in [-0.25, -0.2) is 4.98 Å². The minimum Gasteiger partial charge on any atom is -0.496 e. The standard InChI is InChI=1S/C22H24N6O3/c1-13-8-15(29)5-6-18(13)27-12-14-9-16(19(31-2)10-17(14)26-27)22(30)25-21-11-23-20-4-3-7-24-28(20)21/h3-4,7,9-13,15,18,29H,5-6,8H2,1-2H3,(H,25,30)/t13-,15-,18+/m1/s1. The van der Waals surface area contributed by atoms with Crippen molar-refractivity contribution < 1.29 is 14.6 Å². The number of ether oxygens (including phenoxy) is 1. The number of aromatic nitrogens is 5. The Morgan fingerprint density at radius 2 is 2.19 bits per heavy atom.